The molecule has 2 aromatic rings. The minimum absolute atomic E-state index is 0.220. The second-order valence-corrected chi connectivity index (χ2v) is 7.54. The Balaban J connectivity index is 1.94. The van der Waals surface area contributed by atoms with Crippen molar-refractivity contribution in [3.05, 3.63) is 72.5 Å². The Morgan fingerprint density at radius 1 is 0.857 bits per heavy atom. The number of hydrogen-bond acceptors (Lipinski definition) is 4. The number of carbonyl (C=O) groups excluding carboxylic acids is 1. The van der Waals surface area contributed by atoms with Gasteiger partial charge in [-0.05, 0) is 37.3 Å². The van der Waals surface area contributed by atoms with Crippen LogP contribution in [0, 0.1) is 0 Å². The molecule has 0 aromatic heterocycles. The molecule has 1 aliphatic rings. The molecular formula is C17H14O2S2. The van der Waals surface area contributed by atoms with E-state index in [9.17, 15) is 4.79 Å². The predicted octanol–water partition coefficient (Wildman–Crippen LogP) is 4.73. The highest BCUT2D eigenvalue weighted by Crippen LogP contribution is 2.50. The summed E-state index contributed by atoms with van der Waals surface area (Å²) in [6, 6.07) is 19.9. The number of esters is 1. The van der Waals surface area contributed by atoms with Gasteiger partial charge in [-0.2, -0.15) is 0 Å². The fourth-order valence-electron chi connectivity index (χ4n) is 2.06. The van der Waals surface area contributed by atoms with Crippen LogP contribution in [0.2, 0.25) is 0 Å². The lowest BCUT2D eigenvalue weighted by molar-refractivity contribution is -0.136. The van der Waals surface area contributed by atoms with Crippen LogP contribution in [-0.2, 0) is 9.53 Å². The molecular weight excluding hydrogens is 300 g/mol. The normalized spacial score (nSPS) is 16.4. The molecule has 0 fully saturated rings. The number of benzene rings is 2. The monoisotopic (exact) mass is 314 g/mol. The lowest BCUT2D eigenvalue weighted by atomic mass is 10.4. The topological polar surface area (TPSA) is 26.3 Å². The van der Waals surface area contributed by atoms with Gasteiger partial charge in [0.1, 0.15) is 5.76 Å². The molecule has 2 nitrogen and oxygen atoms in total. The third-order valence-electron chi connectivity index (χ3n) is 2.96. The number of thioether (sulfide) groups is 2. The molecule has 0 unspecified atom stereocenters. The standard InChI is InChI=1S/C17H14O2S2/c1-13-12-17(16(18)19-13,20-14-8-4-2-5-9-14)21-15-10-6-3-7-11-15/h2-12H,1H3. The molecule has 0 spiro atoms. The highest BCUT2D eigenvalue weighted by atomic mass is 32.2. The molecule has 1 aliphatic heterocycles. The number of cyclic esters (lactones) is 1. The zero-order chi connectivity index (χ0) is 14.7. The van der Waals surface area contributed by atoms with E-state index >= 15 is 0 Å². The Morgan fingerprint density at radius 3 is 1.71 bits per heavy atom. The first-order valence-corrected chi connectivity index (χ1v) is 8.21. The Hall–Kier alpha value is -1.65. The van der Waals surface area contributed by atoms with Gasteiger partial charge < -0.3 is 4.74 Å². The van der Waals surface area contributed by atoms with Gasteiger partial charge in [0.25, 0.3) is 0 Å². The first-order valence-electron chi connectivity index (χ1n) is 6.58. The van der Waals surface area contributed by atoms with Crippen LogP contribution in [-0.4, -0.2) is 10.0 Å². The van der Waals surface area contributed by atoms with Crippen LogP contribution < -0.4 is 0 Å². The number of hydrogen-bond donors (Lipinski definition) is 0. The van der Waals surface area contributed by atoms with Crippen LogP contribution in [0.3, 0.4) is 0 Å². The Bertz CT molecular complexity index is 624. The van der Waals surface area contributed by atoms with Crippen LogP contribution in [0.25, 0.3) is 0 Å². The first-order chi connectivity index (χ1) is 10.2. The van der Waals surface area contributed by atoms with Gasteiger partial charge in [-0.25, -0.2) is 4.79 Å². The molecule has 0 radical (unpaired) electrons. The summed E-state index contributed by atoms with van der Waals surface area (Å²) >= 11 is 3.03. The van der Waals surface area contributed by atoms with Crippen LogP contribution in [0.1, 0.15) is 6.92 Å². The summed E-state index contributed by atoms with van der Waals surface area (Å²) in [5, 5.41) is 0. The van der Waals surface area contributed by atoms with Crippen molar-refractivity contribution >= 4 is 29.5 Å². The summed E-state index contributed by atoms with van der Waals surface area (Å²) in [4.78, 5) is 14.5. The van der Waals surface area contributed by atoms with Crippen molar-refractivity contribution < 1.29 is 9.53 Å². The summed E-state index contributed by atoms with van der Waals surface area (Å²) in [5.74, 6) is 0.439. The maximum Gasteiger partial charge on any atom is 0.342 e. The largest absolute Gasteiger partial charge is 0.430 e. The lowest BCUT2D eigenvalue weighted by Crippen LogP contribution is -2.25. The summed E-state index contributed by atoms with van der Waals surface area (Å²) in [6.45, 7) is 1.82. The molecule has 1 heterocycles. The van der Waals surface area contributed by atoms with E-state index in [0.717, 1.165) is 9.79 Å². The molecule has 0 amide bonds. The Morgan fingerprint density at radius 2 is 1.33 bits per heavy atom. The van der Waals surface area contributed by atoms with Crippen molar-refractivity contribution in [2.45, 2.75) is 20.8 Å². The van der Waals surface area contributed by atoms with Gasteiger partial charge in [-0.3, -0.25) is 0 Å². The van der Waals surface area contributed by atoms with Crippen LogP contribution >= 0.6 is 23.5 Å². The van der Waals surface area contributed by atoms with Crippen molar-refractivity contribution in [3.63, 3.8) is 0 Å². The molecule has 21 heavy (non-hydrogen) atoms. The maximum atomic E-state index is 12.4. The average Bonchev–Trinajstić information content (AvgIpc) is 2.75. The average molecular weight is 314 g/mol. The smallest absolute Gasteiger partial charge is 0.342 e. The summed E-state index contributed by atoms with van der Waals surface area (Å²) in [5.41, 5.74) is 0. The molecule has 0 saturated carbocycles. The van der Waals surface area contributed by atoms with Crippen LogP contribution in [0.15, 0.2) is 82.3 Å². The molecule has 0 bridgehead atoms. The second-order valence-electron chi connectivity index (χ2n) is 4.64. The van der Waals surface area contributed by atoms with Gasteiger partial charge in [0, 0.05) is 9.79 Å². The van der Waals surface area contributed by atoms with Crippen molar-refractivity contribution in [1.29, 1.82) is 0 Å². The summed E-state index contributed by atoms with van der Waals surface area (Å²) < 4.78 is 4.54. The highest BCUT2D eigenvalue weighted by molar-refractivity contribution is 8.19. The second kappa shape index (κ2) is 6.00. The molecule has 0 saturated heterocycles. The summed E-state index contributed by atoms with van der Waals surface area (Å²) in [6.07, 6.45) is 1.91. The lowest BCUT2D eigenvalue weighted by Gasteiger charge is -2.22. The van der Waals surface area contributed by atoms with Crippen molar-refractivity contribution in [1.82, 2.24) is 0 Å². The van der Waals surface area contributed by atoms with E-state index in [1.807, 2.05) is 73.7 Å². The molecule has 0 N–H and O–H groups in total. The SMILES string of the molecule is CC1=CC(Sc2ccccc2)(Sc2ccccc2)C(=O)O1. The fourth-order valence-corrected chi connectivity index (χ4v) is 4.79. The molecule has 4 heteroatoms. The maximum absolute atomic E-state index is 12.4. The quantitative estimate of drug-likeness (QED) is 0.602. The highest BCUT2D eigenvalue weighted by Gasteiger charge is 2.45. The van der Waals surface area contributed by atoms with E-state index in [1.54, 1.807) is 0 Å². The van der Waals surface area contributed by atoms with E-state index < -0.39 is 4.08 Å². The van der Waals surface area contributed by atoms with Gasteiger partial charge in [-0.1, -0.05) is 59.9 Å². The molecule has 0 atom stereocenters. The van der Waals surface area contributed by atoms with Gasteiger partial charge in [-0.15, -0.1) is 0 Å². The predicted molar refractivity (Wildman–Crippen MR) is 87.2 cm³/mol. The number of rotatable bonds is 4. The van der Waals surface area contributed by atoms with E-state index in [4.69, 9.17) is 4.74 Å². The van der Waals surface area contributed by atoms with E-state index in [2.05, 4.69) is 0 Å². The molecule has 106 valence electrons. The minimum atomic E-state index is -0.757. The van der Waals surface area contributed by atoms with E-state index in [-0.39, 0.29) is 5.97 Å². The summed E-state index contributed by atoms with van der Waals surface area (Å²) in [7, 11) is 0. The number of allylic oxidation sites excluding steroid dienone is 1. The third kappa shape index (κ3) is 3.17. The number of ether oxygens (including phenoxy) is 1. The molecule has 2 aromatic carbocycles. The van der Waals surface area contributed by atoms with Crippen molar-refractivity contribution in [2.75, 3.05) is 0 Å². The third-order valence-corrected chi connectivity index (χ3v) is 5.65. The van der Waals surface area contributed by atoms with Gasteiger partial charge in [0.2, 0.25) is 0 Å². The first kappa shape index (κ1) is 14.3. The van der Waals surface area contributed by atoms with E-state index in [0.29, 0.717) is 5.76 Å². The zero-order valence-corrected chi connectivity index (χ0v) is 13.1. The number of carbonyl (C=O) groups is 1. The van der Waals surface area contributed by atoms with Crippen LogP contribution in [0.5, 0.6) is 0 Å². The minimum Gasteiger partial charge on any atom is -0.430 e. The van der Waals surface area contributed by atoms with Crippen molar-refractivity contribution in [3.8, 4) is 0 Å². The molecule has 3 rings (SSSR count). The van der Waals surface area contributed by atoms with Crippen LogP contribution in [0.4, 0.5) is 0 Å². The Labute approximate surface area is 132 Å². The van der Waals surface area contributed by atoms with Gasteiger partial charge >= 0.3 is 5.97 Å². The van der Waals surface area contributed by atoms with Gasteiger partial charge in [0.15, 0.2) is 4.08 Å². The fraction of sp³-hybridized carbons (Fsp3) is 0.118. The zero-order valence-electron chi connectivity index (χ0n) is 11.5. The van der Waals surface area contributed by atoms with E-state index in [1.165, 1.54) is 23.5 Å². The van der Waals surface area contributed by atoms with Gasteiger partial charge in [0.05, 0.1) is 0 Å². The Kier molecular flexibility index (Phi) is 4.08. The van der Waals surface area contributed by atoms with Crippen molar-refractivity contribution in [2.24, 2.45) is 0 Å². The molecule has 0 aliphatic carbocycles.